The summed E-state index contributed by atoms with van der Waals surface area (Å²) in [4.78, 5) is 11.8. The fourth-order valence-electron chi connectivity index (χ4n) is 1.89. The van der Waals surface area contributed by atoms with Crippen molar-refractivity contribution < 1.29 is 9.18 Å². The summed E-state index contributed by atoms with van der Waals surface area (Å²) in [5.74, 6) is -0.564. The Hall–Kier alpha value is -0.690. The average Bonchev–Trinajstić information content (AvgIpc) is 2.82. The van der Waals surface area contributed by atoms with Crippen LogP contribution in [0.1, 0.15) is 23.2 Å². The van der Waals surface area contributed by atoms with Crippen molar-refractivity contribution in [3.63, 3.8) is 0 Å². The van der Waals surface area contributed by atoms with Gasteiger partial charge in [-0.25, -0.2) is 4.39 Å². The van der Waals surface area contributed by atoms with Crippen molar-refractivity contribution in [2.45, 2.75) is 18.9 Å². The van der Waals surface area contributed by atoms with Crippen LogP contribution in [0.15, 0.2) is 18.2 Å². The number of hydrogen-bond acceptors (Lipinski definition) is 2. The molecule has 2 rings (SSSR count). The molecule has 1 aromatic carbocycles. The van der Waals surface area contributed by atoms with Crippen LogP contribution in [0.2, 0.25) is 0 Å². The molecule has 1 heterocycles. The summed E-state index contributed by atoms with van der Waals surface area (Å²) in [6, 6.07) is 4.88. The summed E-state index contributed by atoms with van der Waals surface area (Å²) in [7, 11) is 0. The number of benzene rings is 1. The zero-order valence-electron chi connectivity index (χ0n) is 9.30. The summed E-state index contributed by atoms with van der Waals surface area (Å²) < 4.78 is 13.8. The van der Waals surface area contributed by atoms with Gasteiger partial charge in [0.25, 0.3) is 5.91 Å². The van der Waals surface area contributed by atoms with Crippen LogP contribution in [0.3, 0.4) is 0 Å². The van der Waals surface area contributed by atoms with Crippen LogP contribution in [0.4, 0.5) is 4.39 Å². The second-order valence-electron chi connectivity index (χ2n) is 4.13. The Balaban J connectivity index is 1.92. The van der Waals surface area contributed by atoms with E-state index in [1.807, 2.05) is 22.6 Å². The van der Waals surface area contributed by atoms with Gasteiger partial charge < -0.3 is 10.6 Å². The highest BCUT2D eigenvalue weighted by molar-refractivity contribution is 14.1. The third kappa shape index (κ3) is 3.38. The normalized spacial score (nSPS) is 19.3. The lowest BCUT2D eigenvalue weighted by molar-refractivity contribution is 0.0950. The molecule has 0 saturated carbocycles. The lowest BCUT2D eigenvalue weighted by atomic mass is 10.2. The Bertz CT molecular complexity index is 419. The number of carbonyl (C=O) groups is 1. The molecule has 0 aromatic heterocycles. The maximum Gasteiger partial charge on any atom is 0.251 e. The molecule has 0 bridgehead atoms. The van der Waals surface area contributed by atoms with Gasteiger partial charge in [0.05, 0.1) is 0 Å². The Morgan fingerprint density at radius 2 is 2.41 bits per heavy atom. The number of hydrogen-bond donors (Lipinski definition) is 2. The second kappa shape index (κ2) is 5.77. The molecule has 0 spiro atoms. The Labute approximate surface area is 113 Å². The second-order valence-corrected chi connectivity index (χ2v) is 5.29. The van der Waals surface area contributed by atoms with Gasteiger partial charge in [0.15, 0.2) is 0 Å². The van der Waals surface area contributed by atoms with Crippen molar-refractivity contribution in [3.05, 3.63) is 33.1 Å². The van der Waals surface area contributed by atoms with E-state index >= 15 is 0 Å². The molecule has 92 valence electrons. The van der Waals surface area contributed by atoms with Crippen LogP contribution in [0, 0.1) is 9.39 Å². The maximum absolute atomic E-state index is 13.3. The Kier molecular flexibility index (Phi) is 4.33. The first-order valence-electron chi connectivity index (χ1n) is 5.63. The van der Waals surface area contributed by atoms with Gasteiger partial charge in [0, 0.05) is 21.7 Å². The summed E-state index contributed by atoms with van der Waals surface area (Å²) in [5.41, 5.74) is 0.376. The minimum atomic E-state index is -0.350. The Morgan fingerprint density at radius 3 is 3.06 bits per heavy atom. The molecule has 0 aliphatic carbocycles. The predicted molar refractivity (Wildman–Crippen MR) is 72.5 cm³/mol. The molecule has 1 fully saturated rings. The van der Waals surface area contributed by atoms with Gasteiger partial charge in [-0.2, -0.15) is 0 Å². The molecule has 1 amide bonds. The van der Waals surface area contributed by atoms with Gasteiger partial charge in [-0.15, -0.1) is 0 Å². The number of amides is 1. The first kappa shape index (κ1) is 12.8. The fourth-order valence-corrected chi connectivity index (χ4v) is 2.22. The molecular weight excluding hydrogens is 334 g/mol. The van der Waals surface area contributed by atoms with Gasteiger partial charge in [-0.1, -0.05) is 0 Å². The van der Waals surface area contributed by atoms with Gasteiger partial charge >= 0.3 is 0 Å². The van der Waals surface area contributed by atoms with Crippen molar-refractivity contribution in [2.24, 2.45) is 0 Å². The van der Waals surface area contributed by atoms with E-state index in [9.17, 15) is 9.18 Å². The van der Waals surface area contributed by atoms with Gasteiger partial charge in [-0.3, -0.25) is 4.79 Å². The summed E-state index contributed by atoms with van der Waals surface area (Å²) in [6.07, 6.45) is 2.24. The van der Waals surface area contributed by atoms with E-state index in [4.69, 9.17) is 0 Å². The van der Waals surface area contributed by atoms with Crippen LogP contribution in [0.5, 0.6) is 0 Å². The number of nitrogens with one attached hydrogen (secondary N) is 2. The number of rotatable bonds is 3. The van der Waals surface area contributed by atoms with Crippen LogP contribution < -0.4 is 10.6 Å². The number of carbonyl (C=O) groups excluding carboxylic acids is 1. The van der Waals surface area contributed by atoms with Gasteiger partial charge in [0.2, 0.25) is 0 Å². The topological polar surface area (TPSA) is 41.1 Å². The molecule has 0 radical (unpaired) electrons. The van der Waals surface area contributed by atoms with Gasteiger partial charge in [-0.05, 0) is 60.2 Å². The average molecular weight is 348 g/mol. The molecule has 2 N–H and O–H groups in total. The smallest absolute Gasteiger partial charge is 0.251 e. The van der Waals surface area contributed by atoms with Crippen LogP contribution >= 0.6 is 22.6 Å². The standard InChI is InChI=1S/C12H14FIN2O/c13-10-6-8(3-4-11(10)14)12(17)16-7-9-2-1-5-15-9/h3-4,6,9,15H,1-2,5,7H2,(H,16,17). The Morgan fingerprint density at radius 1 is 1.59 bits per heavy atom. The lowest BCUT2D eigenvalue weighted by Gasteiger charge is -2.11. The molecule has 1 saturated heterocycles. The maximum atomic E-state index is 13.3. The fraction of sp³-hybridized carbons (Fsp3) is 0.417. The quantitative estimate of drug-likeness (QED) is 0.820. The molecule has 3 nitrogen and oxygen atoms in total. The first-order valence-corrected chi connectivity index (χ1v) is 6.71. The van der Waals surface area contributed by atoms with E-state index < -0.39 is 0 Å². The zero-order valence-corrected chi connectivity index (χ0v) is 11.5. The summed E-state index contributed by atoms with van der Waals surface area (Å²) >= 11 is 1.90. The van der Waals surface area contributed by atoms with E-state index in [1.54, 1.807) is 12.1 Å². The van der Waals surface area contributed by atoms with Crippen LogP contribution in [-0.2, 0) is 0 Å². The van der Waals surface area contributed by atoms with E-state index in [2.05, 4.69) is 10.6 Å². The highest BCUT2D eigenvalue weighted by Gasteiger charge is 2.15. The molecule has 1 aromatic rings. The van der Waals surface area contributed by atoms with Crippen molar-refractivity contribution in [3.8, 4) is 0 Å². The monoisotopic (exact) mass is 348 g/mol. The lowest BCUT2D eigenvalue weighted by Crippen LogP contribution is -2.37. The zero-order chi connectivity index (χ0) is 12.3. The molecule has 5 heteroatoms. The number of halogens is 2. The minimum absolute atomic E-state index is 0.214. The molecule has 1 aliphatic heterocycles. The SMILES string of the molecule is O=C(NCC1CCCN1)c1ccc(I)c(F)c1. The third-order valence-corrected chi connectivity index (χ3v) is 3.73. The van der Waals surface area contributed by atoms with E-state index in [0.717, 1.165) is 19.4 Å². The van der Waals surface area contributed by atoms with E-state index in [0.29, 0.717) is 21.7 Å². The molecular formula is C12H14FIN2O. The molecule has 1 aliphatic rings. The van der Waals surface area contributed by atoms with Crippen molar-refractivity contribution in [2.75, 3.05) is 13.1 Å². The minimum Gasteiger partial charge on any atom is -0.350 e. The molecule has 1 atom stereocenters. The molecule has 1 unspecified atom stereocenters. The van der Waals surface area contributed by atoms with Crippen molar-refractivity contribution in [1.82, 2.24) is 10.6 Å². The summed E-state index contributed by atoms with van der Waals surface area (Å²) in [5, 5.41) is 6.11. The third-order valence-electron chi connectivity index (χ3n) is 2.85. The highest BCUT2D eigenvalue weighted by atomic mass is 127. The first-order chi connectivity index (χ1) is 8.16. The van der Waals surface area contributed by atoms with Gasteiger partial charge in [0.1, 0.15) is 5.82 Å². The highest BCUT2D eigenvalue weighted by Crippen LogP contribution is 2.12. The predicted octanol–water partition coefficient (Wildman–Crippen LogP) is 1.91. The van der Waals surface area contributed by atoms with Crippen LogP contribution in [-0.4, -0.2) is 25.0 Å². The molecule has 17 heavy (non-hydrogen) atoms. The van der Waals surface area contributed by atoms with Crippen molar-refractivity contribution >= 4 is 28.5 Å². The van der Waals surface area contributed by atoms with E-state index in [-0.39, 0.29) is 11.7 Å². The van der Waals surface area contributed by atoms with Crippen LogP contribution in [0.25, 0.3) is 0 Å². The van der Waals surface area contributed by atoms with E-state index in [1.165, 1.54) is 6.07 Å². The largest absolute Gasteiger partial charge is 0.350 e. The van der Waals surface area contributed by atoms with Crippen molar-refractivity contribution in [1.29, 1.82) is 0 Å². The summed E-state index contributed by atoms with van der Waals surface area (Å²) in [6.45, 7) is 1.62.